The van der Waals surface area contributed by atoms with Gasteiger partial charge in [-0.25, -0.2) is 0 Å². The maximum absolute atomic E-state index is 2.37. The lowest BCUT2D eigenvalue weighted by atomic mass is 9.73. The van der Waals surface area contributed by atoms with E-state index in [4.69, 9.17) is 0 Å². The quantitative estimate of drug-likeness (QED) is 0.200. The first-order valence-corrected chi connectivity index (χ1v) is 14.7. The van der Waals surface area contributed by atoms with Gasteiger partial charge in [-0.2, -0.15) is 0 Å². The third-order valence-corrected chi connectivity index (χ3v) is 9.72. The van der Waals surface area contributed by atoms with Crippen molar-refractivity contribution in [1.29, 1.82) is 0 Å². The number of aryl methyl sites for hydroxylation is 1. The predicted octanol–water partition coefficient (Wildman–Crippen LogP) is 11.1. The molecule has 2 aliphatic carbocycles. The summed E-state index contributed by atoms with van der Waals surface area (Å²) in [4.78, 5) is 0. The fourth-order valence-electron chi connectivity index (χ4n) is 7.58. The third kappa shape index (κ3) is 3.34. The molecule has 6 aromatic rings. The second kappa shape index (κ2) is 8.91. The van der Waals surface area contributed by atoms with Crippen LogP contribution in [-0.2, 0) is 6.42 Å². The molecule has 41 heavy (non-hydrogen) atoms. The van der Waals surface area contributed by atoms with Crippen molar-refractivity contribution in [2.45, 2.75) is 34.1 Å². The van der Waals surface area contributed by atoms with Gasteiger partial charge < -0.3 is 0 Å². The van der Waals surface area contributed by atoms with Crippen molar-refractivity contribution in [2.24, 2.45) is 0 Å². The molecule has 0 atom stereocenters. The van der Waals surface area contributed by atoms with Crippen LogP contribution >= 0.6 is 0 Å². The molecule has 0 nitrogen and oxygen atoms in total. The fourth-order valence-corrected chi connectivity index (χ4v) is 7.58. The van der Waals surface area contributed by atoms with E-state index in [1.54, 1.807) is 0 Å². The van der Waals surface area contributed by atoms with Gasteiger partial charge in [0.25, 0.3) is 0 Å². The molecule has 0 N–H and O–H groups in total. The van der Waals surface area contributed by atoms with E-state index in [1.165, 1.54) is 100 Å². The monoisotopic (exact) mass is 524 g/mol. The van der Waals surface area contributed by atoms with Crippen LogP contribution in [-0.4, -0.2) is 0 Å². The van der Waals surface area contributed by atoms with Crippen LogP contribution < -0.4 is 0 Å². The zero-order valence-electron chi connectivity index (χ0n) is 24.1. The number of fused-ring (bicyclic) bond motifs is 11. The zero-order valence-corrected chi connectivity index (χ0v) is 24.1. The lowest BCUT2D eigenvalue weighted by molar-refractivity contribution is 1.24. The number of benzene rings is 6. The first kappa shape index (κ1) is 24.1. The zero-order chi connectivity index (χ0) is 27.8. The summed E-state index contributed by atoms with van der Waals surface area (Å²) >= 11 is 0. The van der Waals surface area contributed by atoms with E-state index in [0.29, 0.717) is 0 Å². The Kier molecular flexibility index (Phi) is 5.25. The lowest BCUT2D eigenvalue weighted by Gasteiger charge is -2.30. The van der Waals surface area contributed by atoms with Gasteiger partial charge in [-0.15, -0.1) is 0 Å². The summed E-state index contributed by atoms with van der Waals surface area (Å²) in [5.74, 6) is 0. The minimum atomic E-state index is 0.975. The normalized spacial score (nSPS) is 12.3. The van der Waals surface area contributed by atoms with Crippen molar-refractivity contribution in [3.05, 3.63) is 143 Å². The fraction of sp³-hybridized carbons (Fsp3) is 0.122. The standard InChI is InChI=1S/C41H32/c1-24-13-11-21-34-32-17-8-7-16-31(32)33-18-9-10-19-35(33)41-39(26(3)25(2)27(4)40(41)38(24)34)36-22-12-20-30-29-15-6-5-14-28(29)23-37(30)36/h5-22H,23H2,1-4H3. The molecule has 0 aliphatic heterocycles. The van der Waals surface area contributed by atoms with E-state index in [9.17, 15) is 0 Å². The molecule has 196 valence electrons. The van der Waals surface area contributed by atoms with Crippen LogP contribution in [0.4, 0.5) is 0 Å². The SMILES string of the molecule is Cc1cccc2c1-c1c(C)c(C)c(C)c(-c3cccc4c3Cc3ccccc3-4)c1-c1ccccc1-c1ccccc1-2. The molecular formula is C41H32. The third-order valence-electron chi connectivity index (χ3n) is 9.72. The van der Waals surface area contributed by atoms with Gasteiger partial charge in [-0.05, 0) is 134 Å². The summed E-state index contributed by atoms with van der Waals surface area (Å²) in [7, 11) is 0. The smallest absolute Gasteiger partial charge is 0.000728 e. The molecule has 0 aromatic heterocycles. The average molecular weight is 525 g/mol. The van der Waals surface area contributed by atoms with E-state index in [1.807, 2.05) is 0 Å². The van der Waals surface area contributed by atoms with Gasteiger partial charge in [0, 0.05) is 0 Å². The molecular weight excluding hydrogens is 492 g/mol. The highest BCUT2D eigenvalue weighted by atomic mass is 14.3. The van der Waals surface area contributed by atoms with E-state index >= 15 is 0 Å². The van der Waals surface area contributed by atoms with Crippen molar-refractivity contribution < 1.29 is 0 Å². The largest absolute Gasteiger partial charge is 0.0619 e. The first-order valence-electron chi connectivity index (χ1n) is 14.7. The number of hydrogen-bond acceptors (Lipinski definition) is 0. The molecule has 0 fully saturated rings. The van der Waals surface area contributed by atoms with Gasteiger partial charge in [-0.3, -0.25) is 0 Å². The maximum atomic E-state index is 2.37. The highest BCUT2D eigenvalue weighted by Crippen LogP contribution is 2.55. The van der Waals surface area contributed by atoms with Crippen LogP contribution in [0.3, 0.4) is 0 Å². The molecule has 0 amide bonds. The number of hydrogen-bond donors (Lipinski definition) is 0. The Morgan fingerprint density at radius 3 is 1.61 bits per heavy atom. The molecule has 0 radical (unpaired) electrons. The van der Waals surface area contributed by atoms with Gasteiger partial charge in [0.1, 0.15) is 0 Å². The molecule has 0 heteroatoms. The Morgan fingerprint density at radius 2 is 0.854 bits per heavy atom. The van der Waals surface area contributed by atoms with Gasteiger partial charge >= 0.3 is 0 Å². The van der Waals surface area contributed by atoms with Crippen LogP contribution in [0, 0.1) is 27.7 Å². The Hall–Kier alpha value is -4.68. The molecule has 0 saturated carbocycles. The highest BCUT2D eigenvalue weighted by molar-refractivity contribution is 6.10. The highest BCUT2D eigenvalue weighted by Gasteiger charge is 2.30. The van der Waals surface area contributed by atoms with Crippen molar-refractivity contribution >= 4 is 0 Å². The first-order chi connectivity index (χ1) is 20.0. The topological polar surface area (TPSA) is 0 Å². The van der Waals surface area contributed by atoms with Gasteiger partial charge in [0.15, 0.2) is 0 Å². The lowest BCUT2D eigenvalue weighted by Crippen LogP contribution is -2.06. The molecule has 0 bridgehead atoms. The van der Waals surface area contributed by atoms with Crippen molar-refractivity contribution in [3.63, 3.8) is 0 Å². The second-order valence-corrected chi connectivity index (χ2v) is 11.8. The molecule has 0 heterocycles. The molecule has 2 aliphatic rings. The summed E-state index contributed by atoms with van der Waals surface area (Å²) < 4.78 is 0. The van der Waals surface area contributed by atoms with Crippen molar-refractivity contribution in [2.75, 3.05) is 0 Å². The van der Waals surface area contributed by atoms with Crippen LogP contribution in [0.5, 0.6) is 0 Å². The second-order valence-electron chi connectivity index (χ2n) is 11.8. The van der Waals surface area contributed by atoms with Crippen LogP contribution in [0.2, 0.25) is 0 Å². The minimum Gasteiger partial charge on any atom is -0.0619 e. The Morgan fingerprint density at radius 1 is 0.341 bits per heavy atom. The molecule has 0 unspecified atom stereocenters. The average Bonchev–Trinajstić information content (AvgIpc) is 3.39. The summed E-state index contributed by atoms with van der Waals surface area (Å²) in [6, 6.07) is 40.7. The van der Waals surface area contributed by atoms with Crippen LogP contribution in [0.1, 0.15) is 33.4 Å². The van der Waals surface area contributed by atoms with E-state index in [0.717, 1.165) is 6.42 Å². The molecule has 0 spiro atoms. The predicted molar refractivity (Wildman–Crippen MR) is 174 cm³/mol. The molecule has 6 aromatic carbocycles. The van der Waals surface area contributed by atoms with E-state index in [-0.39, 0.29) is 0 Å². The van der Waals surface area contributed by atoms with Crippen molar-refractivity contribution in [3.8, 4) is 66.8 Å². The molecule has 0 saturated heterocycles. The summed E-state index contributed by atoms with van der Waals surface area (Å²) in [6.07, 6.45) is 0.975. The van der Waals surface area contributed by atoms with Crippen LogP contribution in [0.15, 0.2) is 109 Å². The van der Waals surface area contributed by atoms with E-state index < -0.39 is 0 Å². The Bertz CT molecular complexity index is 2050. The molecule has 8 rings (SSSR count). The van der Waals surface area contributed by atoms with E-state index in [2.05, 4.69) is 137 Å². The summed E-state index contributed by atoms with van der Waals surface area (Å²) in [6.45, 7) is 9.28. The van der Waals surface area contributed by atoms with Gasteiger partial charge in [0.05, 0.1) is 0 Å². The summed E-state index contributed by atoms with van der Waals surface area (Å²) in [5, 5.41) is 0. The van der Waals surface area contributed by atoms with Crippen molar-refractivity contribution in [1.82, 2.24) is 0 Å². The van der Waals surface area contributed by atoms with Gasteiger partial charge in [-0.1, -0.05) is 109 Å². The Balaban J connectivity index is 1.58. The minimum absolute atomic E-state index is 0.975. The maximum Gasteiger partial charge on any atom is -0.000728 e. The Labute approximate surface area is 243 Å². The van der Waals surface area contributed by atoms with Gasteiger partial charge in [0.2, 0.25) is 0 Å². The van der Waals surface area contributed by atoms with Crippen LogP contribution in [0.25, 0.3) is 66.8 Å². The number of rotatable bonds is 1. The summed E-state index contributed by atoms with van der Waals surface area (Å²) in [5.41, 5.74) is 24.5.